The number of rotatable bonds is 6. The van der Waals surface area contributed by atoms with Gasteiger partial charge in [0.05, 0.1) is 29.6 Å². The molecule has 0 fully saturated rings. The third-order valence-electron chi connectivity index (χ3n) is 3.36. The summed E-state index contributed by atoms with van der Waals surface area (Å²) in [6, 6.07) is 1.78. The zero-order chi connectivity index (χ0) is 17.7. The molecular weight excluding hydrogens is 368 g/mol. The maximum atomic E-state index is 11.7. The van der Waals surface area contributed by atoms with E-state index in [0.29, 0.717) is 27.2 Å². The Bertz CT molecular complexity index is 742. The molecule has 0 aliphatic rings. The number of anilines is 1. The van der Waals surface area contributed by atoms with Crippen LogP contribution in [0.2, 0.25) is 5.02 Å². The van der Waals surface area contributed by atoms with Crippen molar-refractivity contribution in [3.8, 4) is 0 Å². The number of aryl methyl sites for hydroxylation is 2. The predicted molar refractivity (Wildman–Crippen MR) is 101 cm³/mol. The predicted octanol–water partition coefficient (Wildman–Crippen LogP) is 3.38. The number of aromatic nitrogens is 2. The van der Waals surface area contributed by atoms with Crippen molar-refractivity contribution >= 4 is 51.2 Å². The summed E-state index contributed by atoms with van der Waals surface area (Å²) in [5.74, 6) is -0.379. The van der Waals surface area contributed by atoms with Crippen LogP contribution in [-0.4, -0.2) is 34.5 Å². The molecule has 0 aromatic carbocycles. The highest BCUT2D eigenvalue weighted by atomic mass is 35.5. The van der Waals surface area contributed by atoms with Gasteiger partial charge in [0.25, 0.3) is 0 Å². The van der Waals surface area contributed by atoms with Crippen molar-refractivity contribution in [3.05, 3.63) is 33.4 Å². The molecule has 9 heteroatoms. The Morgan fingerprint density at radius 3 is 2.88 bits per heavy atom. The maximum absolute atomic E-state index is 11.7. The first-order chi connectivity index (χ1) is 11.4. The first-order valence-electron chi connectivity index (χ1n) is 7.34. The molecule has 0 saturated heterocycles. The molecule has 0 amide bonds. The summed E-state index contributed by atoms with van der Waals surface area (Å²) >= 11 is 12.7. The lowest BCUT2D eigenvalue weighted by Gasteiger charge is -2.11. The fraction of sp³-hybridized carbons (Fsp3) is 0.400. The Balaban J connectivity index is 1.81. The van der Waals surface area contributed by atoms with Gasteiger partial charge in [0.15, 0.2) is 5.11 Å². The van der Waals surface area contributed by atoms with E-state index in [9.17, 15) is 4.79 Å². The van der Waals surface area contributed by atoms with E-state index in [1.165, 1.54) is 18.4 Å². The largest absolute Gasteiger partial charge is 0.465 e. The Kier molecular flexibility index (Phi) is 6.59. The van der Waals surface area contributed by atoms with Crippen molar-refractivity contribution in [2.24, 2.45) is 0 Å². The number of nitrogens with one attached hydrogen (secondary N) is 2. The van der Waals surface area contributed by atoms with Crippen molar-refractivity contribution in [1.29, 1.82) is 0 Å². The Morgan fingerprint density at radius 1 is 1.50 bits per heavy atom. The second-order valence-corrected chi connectivity index (χ2v) is 7.20. The summed E-state index contributed by atoms with van der Waals surface area (Å²) < 4.78 is 6.64. The number of carbonyl (C=O) groups excluding carboxylic acids is 1. The van der Waals surface area contributed by atoms with Crippen LogP contribution in [0.25, 0.3) is 0 Å². The lowest BCUT2D eigenvalue weighted by Crippen LogP contribution is -2.30. The van der Waals surface area contributed by atoms with E-state index in [0.717, 1.165) is 23.5 Å². The van der Waals surface area contributed by atoms with Crippen LogP contribution < -0.4 is 10.6 Å². The lowest BCUT2D eigenvalue weighted by atomic mass is 10.3. The fourth-order valence-corrected chi connectivity index (χ4v) is 3.41. The van der Waals surface area contributed by atoms with Crippen LogP contribution in [0.3, 0.4) is 0 Å². The molecule has 0 aliphatic carbocycles. The summed E-state index contributed by atoms with van der Waals surface area (Å²) in [6.07, 6.45) is 2.48. The lowest BCUT2D eigenvalue weighted by molar-refractivity contribution is 0.0602. The number of hydrogen-bond acceptors (Lipinski definition) is 5. The maximum Gasteiger partial charge on any atom is 0.340 e. The van der Waals surface area contributed by atoms with Crippen molar-refractivity contribution in [3.63, 3.8) is 0 Å². The van der Waals surface area contributed by atoms with E-state index in [1.54, 1.807) is 12.3 Å². The molecule has 6 nitrogen and oxygen atoms in total. The first kappa shape index (κ1) is 18.7. The van der Waals surface area contributed by atoms with Gasteiger partial charge in [-0.3, -0.25) is 4.68 Å². The molecule has 24 heavy (non-hydrogen) atoms. The van der Waals surface area contributed by atoms with E-state index in [4.69, 9.17) is 28.6 Å². The average molecular weight is 387 g/mol. The van der Waals surface area contributed by atoms with E-state index in [-0.39, 0.29) is 5.97 Å². The Labute approximate surface area is 155 Å². The van der Waals surface area contributed by atoms with Crippen LogP contribution in [-0.2, 0) is 11.3 Å². The molecule has 130 valence electrons. The highest BCUT2D eigenvalue weighted by Gasteiger charge is 2.16. The van der Waals surface area contributed by atoms with Gasteiger partial charge >= 0.3 is 5.97 Å². The van der Waals surface area contributed by atoms with Crippen LogP contribution in [0.4, 0.5) is 5.00 Å². The molecule has 0 bridgehead atoms. The first-order valence-corrected chi connectivity index (χ1v) is 8.94. The van der Waals surface area contributed by atoms with E-state index in [2.05, 4.69) is 15.7 Å². The highest BCUT2D eigenvalue weighted by Crippen LogP contribution is 2.28. The minimum Gasteiger partial charge on any atom is -0.465 e. The molecule has 2 aromatic rings. The number of halogens is 1. The smallest absolute Gasteiger partial charge is 0.340 e. The molecule has 0 saturated carbocycles. The Morgan fingerprint density at radius 2 is 2.25 bits per heavy atom. The summed E-state index contributed by atoms with van der Waals surface area (Å²) in [4.78, 5) is 12.7. The molecule has 0 aliphatic heterocycles. The number of methoxy groups -OCH3 is 1. The second kappa shape index (κ2) is 8.46. The highest BCUT2D eigenvalue weighted by molar-refractivity contribution is 7.80. The minimum absolute atomic E-state index is 0.379. The number of thiophene rings is 1. The number of carbonyl (C=O) groups is 1. The van der Waals surface area contributed by atoms with Crippen molar-refractivity contribution in [2.75, 3.05) is 19.0 Å². The monoisotopic (exact) mass is 386 g/mol. The molecule has 0 radical (unpaired) electrons. The van der Waals surface area contributed by atoms with Gasteiger partial charge in [-0.2, -0.15) is 5.10 Å². The summed E-state index contributed by atoms with van der Waals surface area (Å²) in [5, 5.41) is 12.2. The van der Waals surface area contributed by atoms with Crippen LogP contribution in [0.1, 0.15) is 27.3 Å². The van der Waals surface area contributed by atoms with Gasteiger partial charge in [0.1, 0.15) is 5.00 Å². The van der Waals surface area contributed by atoms with E-state index in [1.807, 2.05) is 18.5 Å². The number of esters is 1. The molecule has 2 aromatic heterocycles. The third-order valence-corrected chi connectivity index (χ3v) is 4.95. The van der Waals surface area contributed by atoms with Crippen molar-refractivity contribution in [1.82, 2.24) is 15.1 Å². The normalized spacial score (nSPS) is 10.5. The molecule has 2 N–H and O–H groups in total. The van der Waals surface area contributed by atoms with Crippen molar-refractivity contribution < 1.29 is 9.53 Å². The van der Waals surface area contributed by atoms with E-state index >= 15 is 0 Å². The SMILES string of the molecule is COC(=O)c1cc(C)sc1NC(=S)NCCCn1ncc(Cl)c1C. The quantitative estimate of drug-likeness (QED) is 0.450. The number of thiocarbonyl (C=S) groups is 1. The summed E-state index contributed by atoms with van der Waals surface area (Å²) in [7, 11) is 1.36. The zero-order valence-corrected chi connectivity index (χ0v) is 16.1. The van der Waals surface area contributed by atoms with Gasteiger partial charge in [-0.15, -0.1) is 11.3 Å². The topological polar surface area (TPSA) is 68.2 Å². The molecule has 0 unspecified atom stereocenters. The average Bonchev–Trinajstić information content (AvgIpc) is 3.07. The Hall–Kier alpha value is -1.64. The fourth-order valence-electron chi connectivity index (χ4n) is 2.10. The number of nitrogens with zero attached hydrogens (tertiary/aromatic N) is 2. The summed E-state index contributed by atoms with van der Waals surface area (Å²) in [6.45, 7) is 5.29. The van der Waals surface area contributed by atoms with Crippen LogP contribution >= 0.6 is 35.2 Å². The minimum atomic E-state index is -0.379. The molecule has 0 atom stereocenters. The van der Waals surface area contributed by atoms with Crippen LogP contribution in [0.15, 0.2) is 12.3 Å². The standard InChI is InChI=1S/C15H19ClN4O2S2/c1-9-7-11(14(21)22-3)13(24-9)19-15(23)17-5-4-6-20-10(2)12(16)8-18-20/h7-8H,4-6H2,1-3H3,(H2,17,19,23). The number of hydrogen-bond donors (Lipinski definition) is 2. The van der Waals surface area contributed by atoms with Gasteiger partial charge in [0.2, 0.25) is 0 Å². The molecule has 0 spiro atoms. The third kappa shape index (κ3) is 4.68. The van der Waals surface area contributed by atoms with Gasteiger partial charge in [-0.25, -0.2) is 4.79 Å². The molecule has 2 heterocycles. The van der Waals surface area contributed by atoms with Crippen molar-refractivity contribution in [2.45, 2.75) is 26.8 Å². The van der Waals surface area contributed by atoms with Gasteiger partial charge in [-0.1, -0.05) is 11.6 Å². The zero-order valence-electron chi connectivity index (χ0n) is 13.7. The van der Waals surface area contributed by atoms with Crippen LogP contribution in [0, 0.1) is 13.8 Å². The number of ether oxygens (including phenoxy) is 1. The second-order valence-electron chi connectivity index (χ2n) is 5.13. The van der Waals surface area contributed by atoms with E-state index < -0.39 is 0 Å². The summed E-state index contributed by atoms with van der Waals surface area (Å²) in [5.41, 5.74) is 1.44. The van der Waals surface area contributed by atoms with Gasteiger partial charge in [-0.05, 0) is 38.6 Å². The van der Waals surface area contributed by atoms with Gasteiger partial charge in [0, 0.05) is 18.0 Å². The van der Waals surface area contributed by atoms with Gasteiger partial charge < -0.3 is 15.4 Å². The molecule has 2 rings (SSSR count). The molecular formula is C15H19ClN4O2S2. The van der Waals surface area contributed by atoms with Crippen LogP contribution in [0.5, 0.6) is 0 Å².